The number of carbonyl (C=O) groups is 1. The molecular formula is C33H28O4S. The zero-order chi connectivity index (χ0) is 26.3. The Morgan fingerprint density at radius 1 is 0.737 bits per heavy atom. The Morgan fingerprint density at radius 3 is 2.16 bits per heavy atom. The number of esters is 1. The SMILES string of the molecule is C=C(C)C(=O)OC(COc1ccccc1)COc1c2ccccc2cc2ccc(Sc3ccccc3)cc12. The highest BCUT2D eigenvalue weighted by molar-refractivity contribution is 7.99. The molecule has 0 aliphatic carbocycles. The van der Waals surface area contributed by atoms with E-state index in [1.807, 2.05) is 60.7 Å². The normalized spacial score (nSPS) is 11.7. The molecule has 4 nitrogen and oxygen atoms in total. The Morgan fingerprint density at radius 2 is 1.39 bits per heavy atom. The average molecular weight is 521 g/mol. The number of fused-ring (bicyclic) bond motifs is 2. The second kappa shape index (κ2) is 11.9. The van der Waals surface area contributed by atoms with Crippen LogP contribution in [0.3, 0.4) is 0 Å². The molecule has 0 bridgehead atoms. The first-order valence-corrected chi connectivity index (χ1v) is 13.2. The summed E-state index contributed by atoms with van der Waals surface area (Å²) in [6.45, 7) is 5.62. The average Bonchev–Trinajstić information content (AvgIpc) is 2.95. The van der Waals surface area contributed by atoms with Gasteiger partial charge in [0.2, 0.25) is 0 Å². The predicted molar refractivity (Wildman–Crippen MR) is 154 cm³/mol. The molecule has 1 atom stereocenters. The number of rotatable bonds is 10. The molecule has 0 N–H and O–H groups in total. The molecule has 0 aliphatic heterocycles. The first kappa shape index (κ1) is 25.4. The third kappa shape index (κ3) is 6.18. The molecule has 5 aromatic carbocycles. The lowest BCUT2D eigenvalue weighted by Gasteiger charge is -2.21. The van der Waals surface area contributed by atoms with Crippen LogP contribution in [0.15, 0.2) is 131 Å². The van der Waals surface area contributed by atoms with Crippen LogP contribution >= 0.6 is 11.8 Å². The van der Waals surface area contributed by atoms with Gasteiger partial charge in [-0.2, -0.15) is 0 Å². The van der Waals surface area contributed by atoms with E-state index in [1.54, 1.807) is 18.7 Å². The number of hydrogen-bond acceptors (Lipinski definition) is 5. The molecule has 1 unspecified atom stereocenters. The quantitative estimate of drug-likeness (QED) is 0.106. The van der Waals surface area contributed by atoms with Crippen molar-refractivity contribution in [3.05, 3.63) is 121 Å². The Hall–Kier alpha value is -4.22. The minimum absolute atomic E-state index is 0.130. The maximum Gasteiger partial charge on any atom is 0.333 e. The fourth-order valence-electron chi connectivity index (χ4n) is 4.09. The zero-order valence-electron chi connectivity index (χ0n) is 21.1. The lowest BCUT2D eigenvalue weighted by molar-refractivity contribution is -0.147. The Bertz CT molecular complexity index is 1560. The van der Waals surface area contributed by atoms with E-state index < -0.39 is 12.1 Å². The van der Waals surface area contributed by atoms with E-state index in [2.05, 4.69) is 55.1 Å². The van der Waals surface area contributed by atoms with Gasteiger partial charge in [0.1, 0.15) is 24.7 Å². The highest BCUT2D eigenvalue weighted by Crippen LogP contribution is 2.38. The zero-order valence-corrected chi connectivity index (χ0v) is 21.9. The Balaban J connectivity index is 1.46. The van der Waals surface area contributed by atoms with E-state index in [-0.39, 0.29) is 13.2 Å². The van der Waals surface area contributed by atoms with Gasteiger partial charge in [-0.15, -0.1) is 0 Å². The van der Waals surface area contributed by atoms with Gasteiger partial charge in [-0.1, -0.05) is 85.1 Å². The van der Waals surface area contributed by atoms with Gasteiger partial charge in [-0.05, 0) is 60.2 Å². The predicted octanol–water partition coefficient (Wildman–Crippen LogP) is 8.09. The van der Waals surface area contributed by atoms with Crippen LogP contribution in [-0.4, -0.2) is 25.3 Å². The van der Waals surface area contributed by atoms with Crippen LogP contribution in [0.1, 0.15) is 6.92 Å². The summed E-state index contributed by atoms with van der Waals surface area (Å²) in [5.41, 5.74) is 0.327. The minimum Gasteiger partial charge on any atom is -0.490 e. The van der Waals surface area contributed by atoms with Crippen LogP contribution in [0.5, 0.6) is 11.5 Å². The molecule has 0 heterocycles. The number of hydrogen-bond donors (Lipinski definition) is 0. The monoisotopic (exact) mass is 520 g/mol. The molecule has 0 radical (unpaired) electrons. The third-order valence-corrected chi connectivity index (χ3v) is 6.98. The van der Waals surface area contributed by atoms with E-state index in [0.717, 1.165) is 32.2 Å². The van der Waals surface area contributed by atoms with Gasteiger partial charge < -0.3 is 14.2 Å². The summed E-state index contributed by atoms with van der Waals surface area (Å²) in [4.78, 5) is 14.7. The van der Waals surface area contributed by atoms with Gasteiger partial charge in [-0.25, -0.2) is 4.79 Å². The molecule has 5 aromatic rings. The number of benzene rings is 5. The largest absolute Gasteiger partial charge is 0.490 e. The van der Waals surface area contributed by atoms with Crippen molar-refractivity contribution in [3.63, 3.8) is 0 Å². The van der Waals surface area contributed by atoms with Gasteiger partial charge in [0.05, 0.1) is 0 Å². The maximum atomic E-state index is 12.4. The van der Waals surface area contributed by atoms with E-state index in [1.165, 1.54) is 4.90 Å². The Kier molecular flexibility index (Phi) is 7.95. The number of para-hydroxylation sites is 1. The van der Waals surface area contributed by atoms with E-state index >= 15 is 0 Å². The summed E-state index contributed by atoms with van der Waals surface area (Å²) in [6.07, 6.45) is -0.629. The molecule has 0 aromatic heterocycles. The standard InChI is InChI=1S/C33H28O4S/c1-23(2)33(34)37-27(21-35-26-12-5-3-6-13-26)22-36-32-30-16-10-9-11-24(30)19-25-17-18-29(20-31(25)32)38-28-14-7-4-8-15-28/h3-20,27H,1,21-22H2,2H3. The molecule has 5 heteroatoms. The van der Waals surface area contributed by atoms with Crippen molar-refractivity contribution >= 4 is 39.3 Å². The molecule has 0 aliphatic rings. The summed E-state index contributed by atoms with van der Waals surface area (Å²) < 4.78 is 18.1. The summed E-state index contributed by atoms with van der Waals surface area (Å²) >= 11 is 1.70. The van der Waals surface area contributed by atoms with Crippen molar-refractivity contribution in [1.82, 2.24) is 0 Å². The van der Waals surface area contributed by atoms with Gasteiger partial charge in [0, 0.05) is 26.1 Å². The molecule has 190 valence electrons. The van der Waals surface area contributed by atoms with Crippen molar-refractivity contribution in [1.29, 1.82) is 0 Å². The summed E-state index contributed by atoms with van der Waals surface area (Å²) in [5.74, 6) is 0.978. The lowest BCUT2D eigenvalue weighted by atomic mass is 10.0. The summed E-state index contributed by atoms with van der Waals surface area (Å²) in [6, 6.07) is 36.4. The summed E-state index contributed by atoms with van der Waals surface area (Å²) in [7, 11) is 0. The van der Waals surface area contributed by atoms with Crippen LogP contribution < -0.4 is 9.47 Å². The van der Waals surface area contributed by atoms with Gasteiger partial charge in [-0.3, -0.25) is 0 Å². The lowest BCUT2D eigenvalue weighted by Crippen LogP contribution is -2.31. The van der Waals surface area contributed by atoms with E-state index in [9.17, 15) is 4.79 Å². The second-order valence-corrected chi connectivity index (χ2v) is 10.1. The topological polar surface area (TPSA) is 44.8 Å². The van der Waals surface area contributed by atoms with Crippen LogP contribution in [0.25, 0.3) is 21.5 Å². The molecule has 38 heavy (non-hydrogen) atoms. The fourth-order valence-corrected chi connectivity index (χ4v) is 4.97. The summed E-state index contributed by atoms with van der Waals surface area (Å²) in [5, 5.41) is 4.15. The van der Waals surface area contributed by atoms with Gasteiger partial charge in [0.15, 0.2) is 6.10 Å². The fraction of sp³-hybridized carbons (Fsp3) is 0.121. The van der Waals surface area contributed by atoms with Crippen molar-refractivity contribution in [3.8, 4) is 11.5 Å². The number of ether oxygens (including phenoxy) is 3. The van der Waals surface area contributed by atoms with Gasteiger partial charge in [0.25, 0.3) is 0 Å². The molecular weight excluding hydrogens is 492 g/mol. The smallest absolute Gasteiger partial charge is 0.333 e. The molecule has 0 saturated heterocycles. The van der Waals surface area contributed by atoms with E-state index in [0.29, 0.717) is 11.3 Å². The number of carbonyl (C=O) groups excluding carboxylic acids is 1. The molecule has 0 saturated carbocycles. The third-order valence-electron chi connectivity index (χ3n) is 5.98. The Labute approximate surface area is 226 Å². The minimum atomic E-state index is -0.629. The van der Waals surface area contributed by atoms with Crippen molar-refractivity contribution in [2.45, 2.75) is 22.8 Å². The van der Waals surface area contributed by atoms with Gasteiger partial charge >= 0.3 is 5.97 Å². The molecule has 0 spiro atoms. The maximum absolute atomic E-state index is 12.4. The highest BCUT2D eigenvalue weighted by atomic mass is 32.2. The van der Waals surface area contributed by atoms with Crippen molar-refractivity contribution < 1.29 is 19.0 Å². The second-order valence-electron chi connectivity index (χ2n) is 8.97. The highest BCUT2D eigenvalue weighted by Gasteiger charge is 2.19. The first-order valence-electron chi connectivity index (χ1n) is 12.4. The van der Waals surface area contributed by atoms with Crippen molar-refractivity contribution in [2.24, 2.45) is 0 Å². The molecule has 5 rings (SSSR count). The van der Waals surface area contributed by atoms with Crippen LogP contribution in [0.4, 0.5) is 0 Å². The van der Waals surface area contributed by atoms with E-state index in [4.69, 9.17) is 14.2 Å². The molecule has 0 fully saturated rings. The van der Waals surface area contributed by atoms with Crippen LogP contribution in [0, 0.1) is 0 Å². The molecule has 0 amide bonds. The van der Waals surface area contributed by atoms with Crippen LogP contribution in [-0.2, 0) is 9.53 Å². The van der Waals surface area contributed by atoms with Crippen molar-refractivity contribution in [2.75, 3.05) is 13.2 Å². The first-order chi connectivity index (χ1) is 18.6. The van der Waals surface area contributed by atoms with Crippen LogP contribution in [0.2, 0.25) is 0 Å².